The molecule has 0 N–H and O–H groups in total. The van der Waals surface area contributed by atoms with Crippen molar-refractivity contribution in [2.45, 2.75) is 24.9 Å². The van der Waals surface area contributed by atoms with Crippen LogP contribution in [0, 0.1) is 5.82 Å². The van der Waals surface area contributed by atoms with Gasteiger partial charge in [0, 0.05) is 40.1 Å². The largest absolute Gasteiger partial charge is 0.416 e. The average molecular weight is 553 g/mol. The Morgan fingerprint density at radius 2 is 1.51 bits per heavy atom. The number of carbonyl (C=O) groups is 2. The van der Waals surface area contributed by atoms with Gasteiger partial charge in [0.1, 0.15) is 11.9 Å². The van der Waals surface area contributed by atoms with Crippen LogP contribution < -0.4 is 0 Å². The van der Waals surface area contributed by atoms with Gasteiger partial charge < -0.3 is 14.7 Å². The van der Waals surface area contributed by atoms with E-state index >= 15 is 0 Å². The van der Waals surface area contributed by atoms with E-state index in [-0.39, 0.29) is 11.6 Å². The number of likely N-dealkylation sites (N-methyl/N-ethyl adjacent to an activating group) is 2. The van der Waals surface area contributed by atoms with E-state index in [4.69, 9.17) is 0 Å². The number of fused-ring (bicyclic) bond motifs is 1. The maximum absolute atomic E-state index is 13.7. The number of hydrogen-bond donors (Lipinski definition) is 0. The minimum absolute atomic E-state index is 0.0102. The fourth-order valence-electron chi connectivity index (χ4n) is 4.55. The van der Waals surface area contributed by atoms with Crippen LogP contribution in [0.5, 0.6) is 0 Å². The summed E-state index contributed by atoms with van der Waals surface area (Å²) in [5.74, 6) is -1.81. The van der Waals surface area contributed by atoms with Crippen LogP contribution in [0.2, 0.25) is 0 Å². The molecule has 1 unspecified atom stereocenters. The van der Waals surface area contributed by atoms with Crippen LogP contribution in [0.1, 0.15) is 22.3 Å². The van der Waals surface area contributed by atoms with Gasteiger partial charge in [-0.1, -0.05) is 12.1 Å². The summed E-state index contributed by atoms with van der Waals surface area (Å²) in [7, 11) is 4.28. The minimum Gasteiger partial charge on any atom is -0.356 e. The van der Waals surface area contributed by atoms with Gasteiger partial charge in [0.2, 0.25) is 5.91 Å². The second kappa shape index (κ2) is 9.90. The lowest BCUT2D eigenvalue weighted by atomic mass is 9.83. The normalized spacial score (nSPS) is 17.8. The number of rotatable bonds is 4. The first-order valence-electron chi connectivity index (χ1n) is 11.5. The molecule has 2 heterocycles. The minimum atomic E-state index is -5.04. The van der Waals surface area contributed by atoms with E-state index in [0.29, 0.717) is 28.8 Å². The lowest BCUT2D eigenvalue weighted by Gasteiger charge is -2.39. The Hall–Kier alpha value is -4.09. The number of benzene rings is 2. The Labute approximate surface area is 219 Å². The van der Waals surface area contributed by atoms with Crippen molar-refractivity contribution in [2.75, 3.05) is 21.1 Å². The molecule has 39 heavy (non-hydrogen) atoms. The maximum atomic E-state index is 13.7. The van der Waals surface area contributed by atoms with Crippen LogP contribution >= 0.6 is 0 Å². The van der Waals surface area contributed by atoms with Gasteiger partial charge in [0.15, 0.2) is 0 Å². The zero-order valence-corrected chi connectivity index (χ0v) is 20.9. The summed E-state index contributed by atoms with van der Waals surface area (Å²) in [6.07, 6.45) is -5.27. The molecule has 0 saturated heterocycles. The first-order chi connectivity index (χ1) is 18.1. The number of amides is 2. The van der Waals surface area contributed by atoms with E-state index in [9.17, 15) is 40.3 Å². The lowest BCUT2D eigenvalue weighted by molar-refractivity contribution is -0.143. The van der Waals surface area contributed by atoms with Crippen LogP contribution in [-0.4, -0.2) is 53.7 Å². The van der Waals surface area contributed by atoms with E-state index in [1.54, 1.807) is 30.4 Å². The molecule has 0 bridgehead atoms. The molecule has 1 atom stereocenters. The molecule has 2 aliphatic heterocycles. The van der Waals surface area contributed by atoms with Gasteiger partial charge >= 0.3 is 12.4 Å². The van der Waals surface area contributed by atoms with E-state index in [0.717, 1.165) is 9.80 Å². The van der Waals surface area contributed by atoms with E-state index in [2.05, 4.69) is 0 Å². The quantitative estimate of drug-likeness (QED) is 0.473. The molecule has 2 amide bonds. The molecule has 4 rings (SSSR count). The topological polar surface area (TPSA) is 43.9 Å². The average Bonchev–Trinajstić information content (AvgIpc) is 2.85. The number of allylic oxidation sites excluding steroid dienone is 1. The van der Waals surface area contributed by atoms with Crippen molar-refractivity contribution >= 4 is 17.4 Å². The van der Waals surface area contributed by atoms with E-state index in [1.807, 2.05) is 0 Å². The summed E-state index contributed by atoms with van der Waals surface area (Å²) in [6.45, 7) is -0.600. The molecule has 2 aromatic rings. The highest BCUT2D eigenvalue weighted by Gasteiger charge is 2.42. The number of halogens is 7. The smallest absolute Gasteiger partial charge is 0.356 e. The highest BCUT2D eigenvalue weighted by atomic mass is 19.4. The third-order valence-corrected chi connectivity index (χ3v) is 6.43. The van der Waals surface area contributed by atoms with E-state index < -0.39 is 59.3 Å². The fourth-order valence-corrected chi connectivity index (χ4v) is 4.55. The van der Waals surface area contributed by atoms with Gasteiger partial charge in [0.25, 0.3) is 5.91 Å². The van der Waals surface area contributed by atoms with Crippen LogP contribution in [0.4, 0.5) is 30.7 Å². The summed E-state index contributed by atoms with van der Waals surface area (Å²) in [5.41, 5.74) is -1.99. The Bertz CT molecular complexity index is 1370. The van der Waals surface area contributed by atoms with E-state index in [1.165, 1.54) is 38.4 Å². The second-order valence-corrected chi connectivity index (χ2v) is 9.29. The van der Waals surface area contributed by atoms with Crippen molar-refractivity contribution in [3.8, 4) is 0 Å². The Morgan fingerprint density at radius 1 is 0.949 bits per heavy atom. The van der Waals surface area contributed by atoms with Crippen molar-refractivity contribution < 1.29 is 40.3 Å². The SMILES string of the molecule is CN1C=CC2=C(c3ccc(F)cc3)C(C(=O)N(C)Cc3cc(C(F)(F)F)cc(C(F)(F)F)c3)N(C)C(=O)C2=C1. The third-order valence-electron chi connectivity index (χ3n) is 6.43. The summed E-state index contributed by atoms with van der Waals surface area (Å²) in [6, 6.07) is 5.02. The van der Waals surface area contributed by atoms with Crippen LogP contribution in [-0.2, 0) is 28.5 Å². The molecule has 5 nitrogen and oxygen atoms in total. The van der Waals surface area contributed by atoms with Gasteiger partial charge in [-0.25, -0.2) is 4.39 Å². The zero-order chi connectivity index (χ0) is 28.9. The highest BCUT2D eigenvalue weighted by Crippen LogP contribution is 2.39. The maximum Gasteiger partial charge on any atom is 0.416 e. The number of alkyl halides is 6. The van der Waals surface area contributed by atoms with Gasteiger partial charge in [-0.15, -0.1) is 0 Å². The van der Waals surface area contributed by atoms with Gasteiger partial charge in [-0.05, 0) is 58.7 Å². The Balaban J connectivity index is 1.78. The number of hydrogen-bond acceptors (Lipinski definition) is 3. The van der Waals surface area contributed by atoms with Crippen molar-refractivity contribution in [3.05, 3.63) is 100 Å². The third kappa shape index (κ3) is 5.55. The van der Waals surface area contributed by atoms with Gasteiger partial charge in [-0.2, -0.15) is 26.3 Å². The Morgan fingerprint density at radius 3 is 2.05 bits per heavy atom. The van der Waals surface area contributed by atoms with Gasteiger partial charge in [-0.3, -0.25) is 9.59 Å². The summed E-state index contributed by atoms with van der Waals surface area (Å²) < 4.78 is 93.7. The molecule has 2 aromatic carbocycles. The van der Waals surface area contributed by atoms with Crippen LogP contribution in [0.25, 0.3) is 5.57 Å². The predicted molar refractivity (Wildman–Crippen MR) is 128 cm³/mol. The standard InChI is InChI=1S/C27H22F7N3O2/c1-35-9-8-20-21(14-35)24(38)37(3)23(22(20)16-4-6-19(28)7-5-16)25(39)36(2)13-15-10-17(26(29,30)31)12-18(11-15)27(32,33)34/h4-12,14,23H,13H2,1-3H3. The molecule has 0 radical (unpaired) electrons. The predicted octanol–water partition coefficient (Wildman–Crippen LogP) is 5.46. The molecule has 0 spiro atoms. The molecule has 0 fully saturated rings. The Kier molecular flexibility index (Phi) is 7.09. The first kappa shape index (κ1) is 27.9. The van der Waals surface area contributed by atoms with Crippen molar-refractivity contribution in [1.29, 1.82) is 0 Å². The van der Waals surface area contributed by atoms with Crippen LogP contribution in [0.3, 0.4) is 0 Å². The fraction of sp³-hybridized carbons (Fsp3) is 0.259. The van der Waals surface area contributed by atoms with Crippen molar-refractivity contribution in [1.82, 2.24) is 14.7 Å². The monoisotopic (exact) mass is 553 g/mol. The van der Waals surface area contributed by atoms with Crippen LogP contribution in [0.15, 0.2) is 72.1 Å². The molecule has 0 aromatic heterocycles. The summed E-state index contributed by atoms with van der Waals surface area (Å²) in [4.78, 5) is 30.7. The zero-order valence-electron chi connectivity index (χ0n) is 20.9. The second-order valence-electron chi connectivity index (χ2n) is 9.29. The first-order valence-corrected chi connectivity index (χ1v) is 11.5. The molecule has 12 heteroatoms. The number of nitrogens with zero attached hydrogens (tertiary/aromatic N) is 3. The molecule has 206 valence electrons. The molecular weight excluding hydrogens is 531 g/mol. The molecular formula is C27H22F7N3O2. The molecule has 0 saturated carbocycles. The highest BCUT2D eigenvalue weighted by molar-refractivity contribution is 6.12. The van der Waals surface area contributed by atoms with Gasteiger partial charge in [0.05, 0.1) is 16.7 Å². The molecule has 0 aliphatic carbocycles. The number of carbonyl (C=O) groups excluding carboxylic acids is 2. The lowest BCUT2D eigenvalue weighted by Crippen LogP contribution is -2.52. The van der Waals surface area contributed by atoms with Crippen molar-refractivity contribution in [3.63, 3.8) is 0 Å². The summed E-state index contributed by atoms with van der Waals surface area (Å²) in [5, 5.41) is 0. The summed E-state index contributed by atoms with van der Waals surface area (Å²) >= 11 is 0. The molecule has 2 aliphatic rings. The van der Waals surface area contributed by atoms with Crippen molar-refractivity contribution in [2.24, 2.45) is 0 Å².